The van der Waals surface area contributed by atoms with E-state index in [9.17, 15) is 9.59 Å². The van der Waals surface area contributed by atoms with Gasteiger partial charge in [0.15, 0.2) is 9.45 Å². The predicted molar refractivity (Wildman–Crippen MR) is 85.5 cm³/mol. The summed E-state index contributed by atoms with van der Waals surface area (Å²) in [6.07, 6.45) is 0.861. The number of carbonyl (C=O) groups excluding carboxylic acids is 2. The average Bonchev–Trinajstić information content (AvgIpc) is 2.85. The van der Waals surface area contributed by atoms with Gasteiger partial charge in [-0.25, -0.2) is 9.78 Å². The van der Waals surface area contributed by atoms with Gasteiger partial charge in [0.2, 0.25) is 0 Å². The highest BCUT2D eigenvalue weighted by Gasteiger charge is 2.10. The van der Waals surface area contributed by atoms with Crippen molar-refractivity contribution in [3.05, 3.63) is 36.4 Å². The fraction of sp³-hybridized carbons (Fsp3) is 0.267. The molecule has 6 heteroatoms. The van der Waals surface area contributed by atoms with Crippen LogP contribution in [0.1, 0.15) is 19.8 Å². The molecule has 1 aromatic heterocycles. The molecule has 0 spiro atoms. The third-order valence-electron chi connectivity index (χ3n) is 2.58. The number of aromatic nitrogens is 1. The van der Waals surface area contributed by atoms with Gasteiger partial charge in [-0.3, -0.25) is 4.79 Å². The molecule has 0 saturated heterocycles. The lowest BCUT2D eigenvalue weighted by atomic mass is 10.3. The molecular formula is C15H15NO3S2. The molecule has 1 heterocycles. The first-order valence-corrected chi connectivity index (χ1v) is 8.08. The summed E-state index contributed by atoms with van der Waals surface area (Å²) in [5, 5.41) is 0.0282. The fourth-order valence-electron chi connectivity index (χ4n) is 1.55. The van der Waals surface area contributed by atoms with E-state index in [1.54, 1.807) is 6.92 Å². The van der Waals surface area contributed by atoms with Crippen molar-refractivity contribution in [1.82, 2.24) is 4.98 Å². The summed E-state index contributed by atoms with van der Waals surface area (Å²) in [6, 6.07) is 7.79. The number of esters is 1. The summed E-state index contributed by atoms with van der Waals surface area (Å²) < 4.78 is 6.76. The Morgan fingerprint density at radius 1 is 1.38 bits per heavy atom. The van der Waals surface area contributed by atoms with Gasteiger partial charge in [0, 0.05) is 12.0 Å². The SMILES string of the molecule is C=C(C)C(=O)OCCCC(=O)Sc1nc2ccccc2s1. The molecule has 0 aliphatic heterocycles. The van der Waals surface area contributed by atoms with Crippen LogP contribution in [0, 0.1) is 0 Å². The number of thiazole rings is 1. The Kier molecular flexibility index (Phi) is 5.52. The quantitative estimate of drug-likeness (QED) is 0.350. The molecule has 0 aliphatic rings. The molecular weight excluding hydrogens is 306 g/mol. The normalized spacial score (nSPS) is 10.5. The Balaban J connectivity index is 1.77. The van der Waals surface area contributed by atoms with Crippen LogP contribution in [-0.2, 0) is 14.3 Å². The maximum atomic E-state index is 11.8. The van der Waals surface area contributed by atoms with Crippen molar-refractivity contribution in [1.29, 1.82) is 0 Å². The summed E-state index contributed by atoms with van der Waals surface area (Å²) in [4.78, 5) is 27.4. The molecule has 0 amide bonds. The summed E-state index contributed by atoms with van der Waals surface area (Å²) in [7, 11) is 0. The van der Waals surface area contributed by atoms with E-state index in [0.29, 0.717) is 18.4 Å². The van der Waals surface area contributed by atoms with Gasteiger partial charge in [-0.1, -0.05) is 18.7 Å². The molecule has 1 aromatic carbocycles. The highest BCUT2D eigenvalue weighted by atomic mass is 32.2. The van der Waals surface area contributed by atoms with Crippen LogP contribution in [0.3, 0.4) is 0 Å². The minimum Gasteiger partial charge on any atom is -0.462 e. The molecule has 0 fully saturated rings. The molecule has 110 valence electrons. The van der Waals surface area contributed by atoms with Gasteiger partial charge in [-0.15, -0.1) is 11.3 Å². The van der Waals surface area contributed by atoms with Crippen LogP contribution in [0.25, 0.3) is 10.2 Å². The Bertz CT molecular complexity index is 645. The van der Waals surface area contributed by atoms with E-state index in [-0.39, 0.29) is 11.7 Å². The number of para-hydroxylation sites is 1. The Labute approximate surface area is 131 Å². The fourth-order valence-corrected chi connectivity index (χ4v) is 3.54. The standard InChI is InChI=1S/C15H15NO3S2/c1-10(2)14(18)19-9-5-8-13(17)21-15-16-11-6-3-4-7-12(11)20-15/h3-4,6-7H,1,5,8-9H2,2H3. The Morgan fingerprint density at radius 2 is 2.14 bits per heavy atom. The minimum atomic E-state index is -0.415. The Hall–Kier alpha value is -1.66. The van der Waals surface area contributed by atoms with E-state index < -0.39 is 5.97 Å². The van der Waals surface area contributed by atoms with E-state index in [1.165, 1.54) is 11.3 Å². The number of nitrogens with zero attached hydrogens (tertiary/aromatic N) is 1. The summed E-state index contributed by atoms with van der Waals surface area (Å²) in [5.74, 6) is -0.415. The molecule has 0 atom stereocenters. The first-order valence-electron chi connectivity index (χ1n) is 6.45. The third kappa shape index (κ3) is 4.68. The second kappa shape index (κ2) is 7.38. The second-order valence-corrected chi connectivity index (χ2v) is 6.78. The van der Waals surface area contributed by atoms with Crippen molar-refractivity contribution in [3.8, 4) is 0 Å². The molecule has 0 N–H and O–H groups in total. The zero-order valence-corrected chi connectivity index (χ0v) is 13.3. The lowest BCUT2D eigenvalue weighted by molar-refractivity contribution is -0.139. The van der Waals surface area contributed by atoms with Gasteiger partial charge in [0.05, 0.1) is 16.8 Å². The van der Waals surface area contributed by atoms with Crippen molar-refractivity contribution in [2.45, 2.75) is 24.1 Å². The molecule has 2 rings (SSSR count). The predicted octanol–water partition coefficient (Wildman–Crippen LogP) is 3.81. The third-order valence-corrected chi connectivity index (χ3v) is 4.61. The molecule has 2 aromatic rings. The number of thioether (sulfide) groups is 1. The first-order chi connectivity index (χ1) is 10.1. The molecule has 21 heavy (non-hydrogen) atoms. The summed E-state index contributed by atoms with van der Waals surface area (Å²) in [6.45, 7) is 5.32. The maximum Gasteiger partial charge on any atom is 0.333 e. The molecule has 0 saturated carbocycles. The largest absolute Gasteiger partial charge is 0.462 e. The summed E-state index contributed by atoms with van der Waals surface area (Å²) >= 11 is 2.65. The van der Waals surface area contributed by atoms with Crippen LogP contribution in [-0.4, -0.2) is 22.7 Å². The van der Waals surface area contributed by atoms with Gasteiger partial charge >= 0.3 is 5.97 Å². The van der Waals surface area contributed by atoms with E-state index >= 15 is 0 Å². The number of rotatable bonds is 6. The molecule has 0 unspecified atom stereocenters. The average molecular weight is 321 g/mol. The van der Waals surface area contributed by atoms with E-state index in [0.717, 1.165) is 26.3 Å². The van der Waals surface area contributed by atoms with E-state index in [1.807, 2.05) is 24.3 Å². The first kappa shape index (κ1) is 15.7. The number of carbonyl (C=O) groups is 2. The summed E-state index contributed by atoms with van der Waals surface area (Å²) in [5.41, 5.74) is 1.28. The smallest absolute Gasteiger partial charge is 0.333 e. The van der Waals surface area contributed by atoms with Gasteiger partial charge in [0.25, 0.3) is 0 Å². The van der Waals surface area contributed by atoms with Crippen molar-refractivity contribution >= 4 is 44.4 Å². The molecule has 0 bridgehead atoms. The van der Waals surface area contributed by atoms with Crippen molar-refractivity contribution < 1.29 is 14.3 Å². The van der Waals surface area contributed by atoms with Gasteiger partial charge in [-0.2, -0.15) is 0 Å². The van der Waals surface area contributed by atoms with E-state index in [2.05, 4.69) is 11.6 Å². The number of benzene rings is 1. The number of ether oxygens (including phenoxy) is 1. The van der Waals surface area contributed by atoms with Gasteiger partial charge in [0.1, 0.15) is 0 Å². The zero-order chi connectivity index (χ0) is 15.2. The Morgan fingerprint density at radius 3 is 2.86 bits per heavy atom. The van der Waals surface area contributed by atoms with Crippen LogP contribution in [0.2, 0.25) is 0 Å². The van der Waals surface area contributed by atoms with E-state index in [4.69, 9.17) is 4.74 Å². The van der Waals surface area contributed by atoms with Crippen LogP contribution in [0.5, 0.6) is 0 Å². The minimum absolute atomic E-state index is 0.0282. The number of hydrogen-bond acceptors (Lipinski definition) is 6. The van der Waals surface area contributed by atoms with Crippen LogP contribution < -0.4 is 0 Å². The highest BCUT2D eigenvalue weighted by Crippen LogP contribution is 2.30. The lowest BCUT2D eigenvalue weighted by Gasteiger charge is -2.02. The van der Waals surface area contributed by atoms with Crippen molar-refractivity contribution in [3.63, 3.8) is 0 Å². The number of fused-ring (bicyclic) bond motifs is 1. The van der Waals surface area contributed by atoms with Crippen LogP contribution >= 0.6 is 23.1 Å². The number of hydrogen-bond donors (Lipinski definition) is 0. The lowest BCUT2D eigenvalue weighted by Crippen LogP contribution is -2.07. The van der Waals surface area contributed by atoms with Gasteiger partial charge in [-0.05, 0) is 37.2 Å². The van der Waals surface area contributed by atoms with Crippen LogP contribution in [0.15, 0.2) is 40.8 Å². The van der Waals surface area contributed by atoms with Crippen molar-refractivity contribution in [2.24, 2.45) is 0 Å². The molecule has 4 nitrogen and oxygen atoms in total. The topological polar surface area (TPSA) is 56.3 Å². The van der Waals surface area contributed by atoms with Gasteiger partial charge < -0.3 is 4.74 Å². The van der Waals surface area contributed by atoms with Crippen molar-refractivity contribution in [2.75, 3.05) is 6.61 Å². The maximum absolute atomic E-state index is 11.8. The molecule has 0 radical (unpaired) electrons. The zero-order valence-electron chi connectivity index (χ0n) is 11.6. The molecule has 0 aliphatic carbocycles. The van der Waals surface area contributed by atoms with Crippen LogP contribution in [0.4, 0.5) is 0 Å². The monoisotopic (exact) mass is 321 g/mol. The second-order valence-electron chi connectivity index (χ2n) is 4.44. The highest BCUT2D eigenvalue weighted by molar-refractivity contribution is 8.15.